The Bertz CT molecular complexity index is 474. The zero-order valence-electron chi connectivity index (χ0n) is 12.3. The van der Waals surface area contributed by atoms with Crippen LogP contribution in [0, 0.1) is 6.92 Å². The van der Waals surface area contributed by atoms with Crippen molar-refractivity contribution in [2.45, 2.75) is 26.3 Å². The molecule has 2 amide bonds. The number of rotatable bonds is 7. The van der Waals surface area contributed by atoms with Gasteiger partial charge in [0.05, 0.1) is 12.6 Å². The Morgan fingerprint density at radius 2 is 2.00 bits per heavy atom. The van der Waals surface area contributed by atoms with Gasteiger partial charge in [-0.05, 0) is 38.4 Å². The maximum absolute atomic E-state index is 11.9. The van der Waals surface area contributed by atoms with Gasteiger partial charge in [-0.3, -0.25) is 14.5 Å². The molecule has 0 bridgehead atoms. The molecule has 0 saturated heterocycles. The van der Waals surface area contributed by atoms with Crippen LogP contribution in [0.4, 0.5) is 0 Å². The molecule has 0 fully saturated rings. The van der Waals surface area contributed by atoms with E-state index >= 15 is 0 Å². The number of aryl methyl sites for hydroxylation is 1. The molecule has 5 heteroatoms. The molecular formula is C15H23N3O2. The summed E-state index contributed by atoms with van der Waals surface area (Å²) < 4.78 is 0. The third kappa shape index (κ3) is 5.01. The highest BCUT2D eigenvalue weighted by molar-refractivity contribution is 5.82. The van der Waals surface area contributed by atoms with Crippen LogP contribution in [0.1, 0.15) is 18.1 Å². The Morgan fingerprint density at radius 1 is 1.35 bits per heavy atom. The second-order valence-corrected chi connectivity index (χ2v) is 5.02. The maximum atomic E-state index is 11.9. The van der Waals surface area contributed by atoms with E-state index in [2.05, 4.69) is 24.4 Å². The molecule has 3 N–H and O–H groups in total. The van der Waals surface area contributed by atoms with Gasteiger partial charge in [-0.1, -0.05) is 24.3 Å². The number of benzene rings is 1. The number of amides is 2. The molecule has 0 radical (unpaired) electrons. The minimum Gasteiger partial charge on any atom is -0.369 e. The van der Waals surface area contributed by atoms with E-state index in [0.717, 1.165) is 6.42 Å². The number of carbonyl (C=O) groups is 2. The fraction of sp³-hybridized carbons (Fsp3) is 0.467. The largest absolute Gasteiger partial charge is 0.369 e. The summed E-state index contributed by atoms with van der Waals surface area (Å²) in [5.74, 6) is -0.533. The van der Waals surface area contributed by atoms with Gasteiger partial charge in [0.15, 0.2) is 0 Å². The van der Waals surface area contributed by atoms with E-state index in [1.54, 1.807) is 18.9 Å². The molecular weight excluding hydrogens is 254 g/mol. The summed E-state index contributed by atoms with van der Waals surface area (Å²) in [6.07, 6.45) is 0.796. The van der Waals surface area contributed by atoms with Gasteiger partial charge in [-0.2, -0.15) is 0 Å². The van der Waals surface area contributed by atoms with E-state index in [4.69, 9.17) is 5.73 Å². The number of nitrogens with two attached hydrogens (primary N) is 1. The van der Waals surface area contributed by atoms with Crippen molar-refractivity contribution in [1.82, 2.24) is 10.2 Å². The summed E-state index contributed by atoms with van der Waals surface area (Å²) in [4.78, 5) is 24.4. The van der Waals surface area contributed by atoms with Gasteiger partial charge in [0, 0.05) is 6.54 Å². The van der Waals surface area contributed by atoms with Crippen LogP contribution in [0.15, 0.2) is 24.3 Å². The topological polar surface area (TPSA) is 75.4 Å². The lowest BCUT2D eigenvalue weighted by Gasteiger charge is -2.22. The number of hydrogen-bond donors (Lipinski definition) is 2. The first kappa shape index (κ1) is 16.2. The van der Waals surface area contributed by atoms with Crippen LogP contribution in [0.5, 0.6) is 0 Å². The van der Waals surface area contributed by atoms with Gasteiger partial charge in [0.2, 0.25) is 11.8 Å². The first-order valence-electron chi connectivity index (χ1n) is 6.72. The molecule has 110 valence electrons. The van der Waals surface area contributed by atoms with Gasteiger partial charge in [-0.15, -0.1) is 0 Å². The molecule has 0 aliphatic rings. The number of carbonyl (C=O) groups excluding carboxylic acids is 2. The monoisotopic (exact) mass is 277 g/mol. The molecule has 0 unspecified atom stereocenters. The molecule has 20 heavy (non-hydrogen) atoms. The predicted octanol–water partition coefficient (Wildman–Crippen LogP) is 0.459. The second kappa shape index (κ2) is 7.65. The summed E-state index contributed by atoms with van der Waals surface area (Å²) in [6, 6.07) is 7.73. The summed E-state index contributed by atoms with van der Waals surface area (Å²) >= 11 is 0. The Kier molecular flexibility index (Phi) is 6.18. The van der Waals surface area contributed by atoms with Crippen molar-refractivity contribution in [2.24, 2.45) is 5.73 Å². The van der Waals surface area contributed by atoms with Crippen LogP contribution in [0.25, 0.3) is 0 Å². The first-order chi connectivity index (χ1) is 9.41. The minimum absolute atomic E-state index is 0.0758. The second-order valence-electron chi connectivity index (χ2n) is 5.02. The average molecular weight is 277 g/mol. The van der Waals surface area contributed by atoms with Gasteiger partial charge >= 0.3 is 0 Å². The maximum Gasteiger partial charge on any atom is 0.237 e. The zero-order valence-corrected chi connectivity index (χ0v) is 12.3. The fourth-order valence-electron chi connectivity index (χ4n) is 1.94. The molecule has 0 aromatic heterocycles. The molecule has 0 aliphatic carbocycles. The molecule has 0 saturated carbocycles. The Hall–Kier alpha value is -1.88. The van der Waals surface area contributed by atoms with E-state index < -0.39 is 5.91 Å². The van der Waals surface area contributed by atoms with E-state index in [1.807, 2.05) is 12.1 Å². The van der Waals surface area contributed by atoms with E-state index in [1.165, 1.54) is 11.1 Å². The average Bonchev–Trinajstić information content (AvgIpc) is 2.39. The highest BCUT2D eigenvalue weighted by atomic mass is 16.2. The molecule has 0 aliphatic heterocycles. The molecule has 1 rings (SSSR count). The van der Waals surface area contributed by atoms with Crippen molar-refractivity contribution in [2.75, 3.05) is 20.1 Å². The normalized spacial score (nSPS) is 12.2. The highest BCUT2D eigenvalue weighted by Gasteiger charge is 2.18. The van der Waals surface area contributed by atoms with Crippen LogP contribution < -0.4 is 11.1 Å². The van der Waals surface area contributed by atoms with E-state index in [0.29, 0.717) is 6.54 Å². The molecule has 1 aromatic rings. The van der Waals surface area contributed by atoms with Crippen molar-refractivity contribution in [3.05, 3.63) is 35.4 Å². The molecule has 1 atom stereocenters. The summed E-state index contributed by atoms with van der Waals surface area (Å²) in [6.45, 7) is 4.47. The highest BCUT2D eigenvalue weighted by Crippen LogP contribution is 2.06. The van der Waals surface area contributed by atoms with Crippen LogP contribution in [0.2, 0.25) is 0 Å². The first-order valence-corrected chi connectivity index (χ1v) is 6.72. The van der Waals surface area contributed by atoms with Crippen molar-refractivity contribution < 1.29 is 9.59 Å². The molecule has 1 aromatic carbocycles. The van der Waals surface area contributed by atoms with Gasteiger partial charge in [0.25, 0.3) is 0 Å². The summed E-state index contributed by atoms with van der Waals surface area (Å²) in [5, 5.41) is 2.88. The van der Waals surface area contributed by atoms with Crippen molar-refractivity contribution in [3.63, 3.8) is 0 Å². The number of nitrogens with zero attached hydrogens (tertiary/aromatic N) is 1. The smallest absolute Gasteiger partial charge is 0.237 e. The van der Waals surface area contributed by atoms with Gasteiger partial charge in [-0.25, -0.2) is 0 Å². The number of primary amides is 1. The lowest BCUT2D eigenvalue weighted by Crippen LogP contribution is -2.46. The van der Waals surface area contributed by atoms with Crippen molar-refractivity contribution in [1.29, 1.82) is 0 Å². The van der Waals surface area contributed by atoms with E-state index in [-0.39, 0.29) is 18.5 Å². The van der Waals surface area contributed by atoms with Crippen LogP contribution in [-0.2, 0) is 16.0 Å². The lowest BCUT2D eigenvalue weighted by molar-refractivity contribution is -0.126. The number of nitrogens with one attached hydrogen (secondary N) is 1. The molecule has 0 heterocycles. The van der Waals surface area contributed by atoms with Gasteiger partial charge < -0.3 is 11.1 Å². The standard InChI is InChI=1S/C15H23N3O2/c1-11-6-4-5-7-13(11)8-9-17-15(20)12(2)18(3)10-14(16)19/h4-7,12H,8-10H2,1-3H3,(H2,16,19)(H,17,20)/t12-/m0/s1. The number of hydrogen-bond acceptors (Lipinski definition) is 3. The third-order valence-corrected chi connectivity index (χ3v) is 3.40. The zero-order chi connectivity index (χ0) is 15.1. The number of likely N-dealkylation sites (N-methyl/N-ethyl adjacent to an activating group) is 1. The lowest BCUT2D eigenvalue weighted by atomic mass is 10.1. The van der Waals surface area contributed by atoms with Gasteiger partial charge in [0.1, 0.15) is 0 Å². The Labute approximate surface area is 120 Å². The van der Waals surface area contributed by atoms with Crippen LogP contribution >= 0.6 is 0 Å². The van der Waals surface area contributed by atoms with E-state index in [9.17, 15) is 9.59 Å². The summed E-state index contributed by atoms with van der Waals surface area (Å²) in [7, 11) is 1.70. The van der Waals surface area contributed by atoms with Crippen molar-refractivity contribution in [3.8, 4) is 0 Å². The van der Waals surface area contributed by atoms with Crippen LogP contribution in [-0.4, -0.2) is 42.9 Å². The SMILES string of the molecule is Cc1ccccc1CCNC(=O)[C@H](C)N(C)CC(N)=O. The molecule has 0 spiro atoms. The Balaban J connectivity index is 2.40. The fourth-order valence-corrected chi connectivity index (χ4v) is 1.94. The predicted molar refractivity (Wildman–Crippen MR) is 79.2 cm³/mol. The quantitative estimate of drug-likeness (QED) is 0.760. The van der Waals surface area contributed by atoms with Crippen LogP contribution in [0.3, 0.4) is 0 Å². The molecule has 5 nitrogen and oxygen atoms in total. The van der Waals surface area contributed by atoms with Crippen molar-refractivity contribution >= 4 is 11.8 Å². The summed E-state index contributed by atoms with van der Waals surface area (Å²) in [5.41, 5.74) is 7.56. The third-order valence-electron chi connectivity index (χ3n) is 3.40. The minimum atomic E-state index is -0.438. The Morgan fingerprint density at radius 3 is 2.60 bits per heavy atom.